The summed E-state index contributed by atoms with van der Waals surface area (Å²) in [6, 6.07) is -2.86. The van der Waals surface area contributed by atoms with Crippen LogP contribution in [0.5, 0.6) is 0 Å². The van der Waals surface area contributed by atoms with Crippen molar-refractivity contribution in [1.82, 2.24) is 26.2 Å². The molecule has 1 aliphatic heterocycles. The van der Waals surface area contributed by atoms with Crippen LogP contribution in [0.2, 0.25) is 0 Å². The Hall–Kier alpha value is -2.74. The number of fused-ring (bicyclic) bond motifs is 1. The molecule has 0 bridgehead atoms. The number of likely N-dealkylation sites (tertiary alicyclic amines) is 1. The lowest BCUT2D eigenvalue weighted by molar-refractivity contribution is -0.148. The van der Waals surface area contributed by atoms with Crippen molar-refractivity contribution in [2.24, 2.45) is 22.7 Å². The van der Waals surface area contributed by atoms with Crippen molar-refractivity contribution in [1.29, 1.82) is 0 Å². The van der Waals surface area contributed by atoms with Gasteiger partial charge in [-0.3, -0.25) is 24.5 Å². The SMILES string of the molecule is CC(C)S(=O)(=O)CC1(NC(=O)NC(C(=O)N2CC3C(CC3(C)C)C2C(=O)NC(=O)C(O)C(=O)NC2CC2)C(C)(C)C)CCCCC1. The molecular formula is C32H53N5O8S. The summed E-state index contributed by atoms with van der Waals surface area (Å²) in [6.07, 6.45) is 3.58. The minimum absolute atomic E-state index is 0.0356. The van der Waals surface area contributed by atoms with Gasteiger partial charge in [0.2, 0.25) is 17.9 Å². The molecule has 14 heteroatoms. The Bertz CT molecular complexity index is 1330. The normalized spacial score (nSPS) is 26.6. The molecule has 4 rings (SSSR count). The minimum Gasteiger partial charge on any atom is -0.375 e. The molecule has 260 valence electrons. The van der Waals surface area contributed by atoms with E-state index in [4.69, 9.17) is 0 Å². The first-order valence-corrected chi connectivity index (χ1v) is 18.3. The number of rotatable bonds is 10. The zero-order chi connectivity index (χ0) is 34.4. The number of hydrogen-bond acceptors (Lipinski definition) is 8. The van der Waals surface area contributed by atoms with E-state index in [2.05, 4.69) is 35.1 Å². The summed E-state index contributed by atoms with van der Waals surface area (Å²) in [6.45, 7) is 12.9. The molecule has 3 saturated carbocycles. The van der Waals surface area contributed by atoms with Gasteiger partial charge in [-0.05, 0) is 68.6 Å². The Kier molecular flexibility index (Phi) is 10.2. The molecule has 4 aliphatic rings. The van der Waals surface area contributed by atoms with Crippen molar-refractivity contribution in [3.05, 3.63) is 0 Å². The number of nitrogens with zero attached hydrogens (tertiary/aromatic N) is 1. The van der Waals surface area contributed by atoms with E-state index in [1.165, 1.54) is 4.90 Å². The number of sulfone groups is 1. The molecule has 0 aromatic carbocycles. The molecule has 1 heterocycles. The van der Waals surface area contributed by atoms with Gasteiger partial charge in [-0.1, -0.05) is 53.9 Å². The number of hydrogen-bond donors (Lipinski definition) is 5. The van der Waals surface area contributed by atoms with Gasteiger partial charge in [0.15, 0.2) is 9.84 Å². The number of nitrogens with one attached hydrogen (secondary N) is 4. The molecule has 0 spiro atoms. The van der Waals surface area contributed by atoms with Gasteiger partial charge >= 0.3 is 6.03 Å². The average molecular weight is 668 g/mol. The van der Waals surface area contributed by atoms with E-state index < -0.39 is 73.9 Å². The minimum atomic E-state index is -3.48. The number of carbonyl (C=O) groups excluding carboxylic acids is 5. The van der Waals surface area contributed by atoms with Crippen LogP contribution in [-0.2, 0) is 29.0 Å². The van der Waals surface area contributed by atoms with Gasteiger partial charge in [0.1, 0.15) is 12.1 Å². The van der Waals surface area contributed by atoms with Crippen LogP contribution in [0.25, 0.3) is 0 Å². The smallest absolute Gasteiger partial charge is 0.315 e. The van der Waals surface area contributed by atoms with Gasteiger partial charge in [0, 0.05) is 12.6 Å². The van der Waals surface area contributed by atoms with Crippen molar-refractivity contribution in [3.63, 3.8) is 0 Å². The predicted molar refractivity (Wildman–Crippen MR) is 171 cm³/mol. The molecule has 5 unspecified atom stereocenters. The molecule has 46 heavy (non-hydrogen) atoms. The number of aliphatic hydroxyl groups is 1. The van der Waals surface area contributed by atoms with E-state index in [1.807, 2.05) is 0 Å². The van der Waals surface area contributed by atoms with Gasteiger partial charge < -0.3 is 26.0 Å². The highest BCUT2D eigenvalue weighted by Gasteiger charge is 2.61. The quantitative estimate of drug-likeness (QED) is 0.216. The average Bonchev–Trinajstić information content (AvgIpc) is 3.68. The third-order valence-electron chi connectivity index (χ3n) is 10.4. The lowest BCUT2D eigenvalue weighted by Crippen LogP contribution is -2.63. The second kappa shape index (κ2) is 13.0. The van der Waals surface area contributed by atoms with Crippen molar-refractivity contribution < 1.29 is 37.5 Å². The standard InChI is InChI=1S/C32H53N5O8S/c1-18(2)46(44,45)17-32(13-9-8-10-14-32)36-29(43)34-24(30(3,4)5)28(42)37-16-21-20(15-31(21,6)7)22(37)25(39)35-27(41)23(38)26(40)33-19-11-12-19/h18-24,38H,8-17H2,1-7H3,(H,33,40)(H2,34,36,43)(H,35,39,41). The fourth-order valence-corrected chi connectivity index (χ4v) is 8.82. The molecular weight excluding hydrogens is 614 g/mol. The number of aliphatic hydroxyl groups excluding tert-OH is 1. The Labute approximate surface area is 272 Å². The van der Waals surface area contributed by atoms with Crippen molar-refractivity contribution in [2.75, 3.05) is 12.3 Å². The van der Waals surface area contributed by atoms with Gasteiger partial charge in [-0.25, -0.2) is 13.2 Å². The van der Waals surface area contributed by atoms with E-state index >= 15 is 0 Å². The van der Waals surface area contributed by atoms with Crippen molar-refractivity contribution in [3.8, 4) is 0 Å². The van der Waals surface area contributed by atoms with E-state index in [0.717, 1.165) is 32.1 Å². The number of carbonyl (C=O) groups is 5. The third kappa shape index (κ3) is 7.86. The van der Waals surface area contributed by atoms with E-state index in [9.17, 15) is 37.5 Å². The highest BCUT2D eigenvalue weighted by atomic mass is 32.2. The van der Waals surface area contributed by atoms with Crippen LogP contribution in [-0.4, -0.2) is 95.4 Å². The van der Waals surface area contributed by atoms with Crippen LogP contribution >= 0.6 is 0 Å². The maximum absolute atomic E-state index is 14.3. The molecule has 0 aromatic heterocycles. The highest BCUT2D eigenvalue weighted by Crippen LogP contribution is 2.57. The summed E-state index contributed by atoms with van der Waals surface area (Å²) in [7, 11) is -3.48. The van der Waals surface area contributed by atoms with Crippen LogP contribution in [0.3, 0.4) is 0 Å². The molecule has 13 nitrogen and oxygen atoms in total. The first kappa shape index (κ1) is 36.1. The Morgan fingerprint density at radius 1 is 0.978 bits per heavy atom. The summed E-state index contributed by atoms with van der Waals surface area (Å²) in [5.41, 5.74) is -1.92. The zero-order valence-electron chi connectivity index (χ0n) is 28.3. The van der Waals surface area contributed by atoms with Crippen LogP contribution in [0, 0.1) is 22.7 Å². The molecule has 3 aliphatic carbocycles. The van der Waals surface area contributed by atoms with Crippen LogP contribution in [0.4, 0.5) is 4.79 Å². The number of urea groups is 1. The number of amides is 6. The highest BCUT2D eigenvalue weighted by molar-refractivity contribution is 7.92. The van der Waals surface area contributed by atoms with Crippen molar-refractivity contribution in [2.45, 2.75) is 135 Å². The second-order valence-electron chi connectivity index (χ2n) is 16.0. The first-order valence-electron chi connectivity index (χ1n) is 16.6. The third-order valence-corrected chi connectivity index (χ3v) is 12.8. The molecule has 0 radical (unpaired) electrons. The monoisotopic (exact) mass is 667 g/mol. The van der Waals surface area contributed by atoms with E-state index in [-0.39, 0.29) is 35.6 Å². The first-order chi connectivity index (χ1) is 21.2. The molecule has 0 aromatic rings. The number of imide groups is 1. The maximum Gasteiger partial charge on any atom is 0.315 e. The van der Waals surface area contributed by atoms with E-state index in [0.29, 0.717) is 19.3 Å². The van der Waals surface area contributed by atoms with Crippen LogP contribution in [0.15, 0.2) is 0 Å². The lowest BCUT2D eigenvalue weighted by Gasteiger charge is -2.48. The molecule has 4 fully saturated rings. The lowest BCUT2D eigenvalue weighted by atomic mass is 9.55. The topological polar surface area (TPSA) is 191 Å². The van der Waals surface area contributed by atoms with Gasteiger partial charge in [-0.2, -0.15) is 0 Å². The summed E-state index contributed by atoms with van der Waals surface area (Å²) >= 11 is 0. The maximum atomic E-state index is 14.3. The van der Waals surface area contributed by atoms with Crippen LogP contribution in [0.1, 0.15) is 99.8 Å². The van der Waals surface area contributed by atoms with Gasteiger partial charge in [0.05, 0.1) is 16.5 Å². The molecule has 5 N–H and O–H groups in total. The summed E-state index contributed by atoms with van der Waals surface area (Å²) < 4.78 is 25.9. The summed E-state index contributed by atoms with van der Waals surface area (Å²) in [5.74, 6) is -3.79. The largest absolute Gasteiger partial charge is 0.375 e. The Morgan fingerprint density at radius 2 is 1.59 bits per heavy atom. The van der Waals surface area contributed by atoms with E-state index in [1.54, 1.807) is 34.6 Å². The zero-order valence-corrected chi connectivity index (χ0v) is 29.1. The molecule has 5 atom stereocenters. The second-order valence-corrected chi connectivity index (χ2v) is 18.6. The Morgan fingerprint density at radius 3 is 2.11 bits per heavy atom. The van der Waals surface area contributed by atoms with Gasteiger partial charge in [-0.15, -0.1) is 0 Å². The van der Waals surface area contributed by atoms with Gasteiger partial charge in [0.25, 0.3) is 11.8 Å². The summed E-state index contributed by atoms with van der Waals surface area (Å²) in [4.78, 5) is 67.9. The summed E-state index contributed by atoms with van der Waals surface area (Å²) in [5, 5.41) is 20.1. The fourth-order valence-electron chi connectivity index (χ4n) is 7.35. The van der Waals surface area contributed by atoms with Crippen LogP contribution < -0.4 is 21.3 Å². The van der Waals surface area contributed by atoms with Crippen molar-refractivity contribution >= 4 is 39.5 Å². The molecule has 6 amide bonds. The Balaban J connectivity index is 1.53. The molecule has 1 saturated heterocycles. The fraction of sp³-hybridized carbons (Fsp3) is 0.844. The predicted octanol–water partition coefficient (Wildman–Crippen LogP) is 1.38.